The van der Waals surface area contributed by atoms with E-state index in [-0.39, 0.29) is 0 Å². The zero-order valence-corrected chi connectivity index (χ0v) is 5.86. The second-order valence-corrected chi connectivity index (χ2v) is 2.02. The van der Waals surface area contributed by atoms with E-state index in [0.29, 0.717) is 6.92 Å². The third-order valence-electron chi connectivity index (χ3n) is 0. The van der Waals surface area contributed by atoms with Crippen LogP contribution >= 0.6 is 23.2 Å². The highest BCUT2D eigenvalue weighted by Crippen LogP contribution is 2.15. The molecule has 0 N–H and O–H groups in total. The van der Waals surface area contributed by atoms with Crippen molar-refractivity contribution >= 4 is 23.2 Å². The molecule has 0 aliphatic heterocycles. The van der Waals surface area contributed by atoms with E-state index >= 15 is 0 Å². The number of halogens is 6. The number of alkyl halides is 6. The molecule has 0 aromatic carbocycles. The number of hydrogen-bond acceptors (Lipinski definition) is 0. The van der Waals surface area contributed by atoms with Gasteiger partial charge in [0.1, 0.15) is 0 Å². The molecule has 0 rings (SSSR count). The van der Waals surface area contributed by atoms with Crippen LogP contribution in [-0.2, 0) is 0 Å². The smallest absolute Gasteiger partial charge is 0.192 e. The molecule has 9 heavy (non-hydrogen) atoms. The highest BCUT2D eigenvalue weighted by atomic mass is 35.5. The van der Waals surface area contributed by atoms with Gasteiger partial charge in [-0.3, -0.25) is 0 Å². The highest BCUT2D eigenvalue weighted by Gasteiger charge is 2.12. The largest absolute Gasteiger partial charge is 0.318 e. The third kappa shape index (κ3) is 3660. The lowest BCUT2D eigenvalue weighted by Gasteiger charge is -1.90. The van der Waals surface area contributed by atoms with Gasteiger partial charge >= 0.3 is 11.3 Å². The molecule has 0 unspecified atom stereocenters. The summed E-state index contributed by atoms with van der Waals surface area (Å²) in [5, 5.41) is -3.03. The summed E-state index contributed by atoms with van der Waals surface area (Å²) in [5.41, 5.74) is 0. The molecule has 0 aromatic rings. The molecule has 0 amide bonds. The summed E-state index contributed by atoms with van der Waals surface area (Å²) in [4.78, 5) is 0. The van der Waals surface area contributed by atoms with Crippen molar-refractivity contribution in [2.75, 3.05) is 0 Å². The minimum atomic E-state index is -3.03. The van der Waals surface area contributed by atoms with E-state index in [1.165, 1.54) is 0 Å². The van der Waals surface area contributed by atoms with E-state index in [1.807, 2.05) is 0 Å². The molecule has 0 fully saturated rings. The molecule has 0 aliphatic carbocycles. The monoisotopic (exact) mass is 186 g/mol. The van der Waals surface area contributed by atoms with Gasteiger partial charge in [-0.15, -0.1) is 0 Å². The van der Waals surface area contributed by atoms with Gasteiger partial charge in [0.25, 0.3) is 0 Å². The Hall–Kier alpha value is 0.300. The highest BCUT2D eigenvalue weighted by molar-refractivity contribution is 6.21. The van der Waals surface area contributed by atoms with Crippen LogP contribution in [0.3, 0.4) is 0 Å². The van der Waals surface area contributed by atoms with Crippen LogP contribution in [0.2, 0.25) is 0 Å². The number of rotatable bonds is 0. The van der Waals surface area contributed by atoms with Gasteiger partial charge in [-0.1, -0.05) is 11.6 Å². The zero-order valence-electron chi connectivity index (χ0n) is 4.35. The van der Waals surface area contributed by atoms with Crippen molar-refractivity contribution < 1.29 is 17.6 Å². The summed E-state index contributed by atoms with van der Waals surface area (Å²) >= 11 is 8.14. The summed E-state index contributed by atoms with van der Waals surface area (Å²) in [7, 11) is 0. The molecule has 0 radical (unpaired) electrons. The Bertz CT molecular complexity index is 50.6. The second-order valence-electron chi connectivity index (χ2n) is 1.03. The maximum Gasteiger partial charge on any atom is 0.318 e. The summed E-state index contributed by atoms with van der Waals surface area (Å²) in [5.74, 6) is -2.69. The molecule has 0 aliphatic rings. The molecular weight excluding hydrogens is 183 g/mol. The zero-order chi connectivity index (χ0) is 8.08. The van der Waals surface area contributed by atoms with Gasteiger partial charge in [0.05, 0.1) is 0 Å². The van der Waals surface area contributed by atoms with Gasteiger partial charge in [-0.25, -0.2) is 0 Å². The average Bonchev–Trinajstić information content (AvgIpc) is 1.19. The van der Waals surface area contributed by atoms with Crippen molar-refractivity contribution in [2.24, 2.45) is 0 Å². The van der Waals surface area contributed by atoms with E-state index in [4.69, 9.17) is 0 Å². The van der Waals surface area contributed by atoms with Gasteiger partial charge in [-0.05, 0) is 11.6 Å². The summed E-state index contributed by atoms with van der Waals surface area (Å²) in [6.07, 6.45) is 0. The van der Waals surface area contributed by atoms with Crippen molar-refractivity contribution in [3.63, 3.8) is 0 Å². The maximum atomic E-state index is 10.8. The molecule has 0 aromatic heterocycles. The van der Waals surface area contributed by atoms with Crippen LogP contribution in [0, 0.1) is 0 Å². The molecule has 6 heteroatoms. The van der Waals surface area contributed by atoms with Crippen molar-refractivity contribution in [1.82, 2.24) is 0 Å². The van der Waals surface area contributed by atoms with Crippen LogP contribution in [0.25, 0.3) is 0 Å². The fraction of sp³-hybridized carbons (Fsp3) is 1.00. The van der Waals surface area contributed by atoms with E-state index < -0.39 is 11.3 Å². The van der Waals surface area contributed by atoms with Crippen LogP contribution in [-0.4, -0.2) is 11.3 Å². The van der Waals surface area contributed by atoms with Crippen LogP contribution in [0.5, 0.6) is 0 Å². The Morgan fingerprint density at radius 1 is 1.33 bits per heavy atom. The van der Waals surface area contributed by atoms with Crippen molar-refractivity contribution in [3.8, 4) is 0 Å². The lowest BCUT2D eigenvalue weighted by molar-refractivity contribution is 0.119. The molecule has 0 heterocycles. The summed E-state index contributed by atoms with van der Waals surface area (Å²) in [6.45, 7) is 0.620. The van der Waals surface area contributed by atoms with Crippen LogP contribution in [0.15, 0.2) is 0 Å². The molecule has 0 spiro atoms. The lowest BCUT2D eigenvalue weighted by atomic mass is 10.9. The predicted molar refractivity (Wildman–Crippen MR) is 28.3 cm³/mol. The maximum absolute atomic E-state index is 10.8. The minimum Gasteiger partial charge on any atom is -0.192 e. The van der Waals surface area contributed by atoms with E-state index in [0.717, 1.165) is 0 Å². The van der Waals surface area contributed by atoms with Gasteiger partial charge in [0, 0.05) is 6.92 Å². The quantitative estimate of drug-likeness (QED) is 0.403. The molecular formula is C3H4Cl2F4. The van der Waals surface area contributed by atoms with Crippen molar-refractivity contribution in [3.05, 3.63) is 0 Å². The first-order chi connectivity index (χ1) is 3.73. The third-order valence-corrected chi connectivity index (χ3v) is 0. The summed E-state index contributed by atoms with van der Waals surface area (Å²) < 4.78 is 41.8. The second kappa shape index (κ2) is 5.11. The normalized spacial score (nSPS) is 10.7. The Labute approximate surface area is 59.7 Å². The molecule has 58 valence electrons. The summed E-state index contributed by atoms with van der Waals surface area (Å²) in [6, 6.07) is 0. The Morgan fingerprint density at radius 3 is 1.33 bits per heavy atom. The first kappa shape index (κ1) is 12.0. The Kier molecular flexibility index (Phi) is 6.83. The molecule has 0 nitrogen and oxygen atoms in total. The molecule has 0 bridgehead atoms. The van der Waals surface area contributed by atoms with Crippen molar-refractivity contribution in [2.45, 2.75) is 18.2 Å². The van der Waals surface area contributed by atoms with E-state index in [1.54, 1.807) is 0 Å². The van der Waals surface area contributed by atoms with Gasteiger partial charge in [0.15, 0.2) is 0 Å². The van der Waals surface area contributed by atoms with Crippen LogP contribution < -0.4 is 0 Å². The standard InChI is InChI=1S/C2H3ClF2.CHClF2/c1-2(3,4)5;2-1(3)4/h1H3;1H. The first-order valence-corrected chi connectivity index (χ1v) is 2.54. The SMILES string of the molecule is CC(F)(F)Cl.FC(F)Cl. The number of hydrogen-bond donors (Lipinski definition) is 0. The fourth-order valence-corrected chi connectivity index (χ4v) is 0. The van der Waals surface area contributed by atoms with Gasteiger partial charge in [-0.2, -0.15) is 17.6 Å². The van der Waals surface area contributed by atoms with Gasteiger partial charge in [0.2, 0.25) is 0 Å². The van der Waals surface area contributed by atoms with E-state index in [2.05, 4.69) is 23.2 Å². The minimum absolute atomic E-state index is 0.620. The topological polar surface area (TPSA) is 0 Å². The molecule has 0 saturated heterocycles. The van der Waals surface area contributed by atoms with E-state index in [9.17, 15) is 17.6 Å². The average molecular weight is 187 g/mol. The Balaban J connectivity index is 0. The fourth-order valence-electron chi connectivity index (χ4n) is 0. The lowest BCUT2D eigenvalue weighted by Crippen LogP contribution is -1.92. The first-order valence-electron chi connectivity index (χ1n) is 1.72. The Morgan fingerprint density at radius 2 is 1.33 bits per heavy atom. The van der Waals surface area contributed by atoms with Crippen LogP contribution in [0.1, 0.15) is 6.92 Å². The van der Waals surface area contributed by atoms with Crippen molar-refractivity contribution in [1.29, 1.82) is 0 Å². The predicted octanol–water partition coefficient (Wildman–Crippen LogP) is 3.29. The molecule has 0 atom stereocenters. The molecule has 0 saturated carbocycles. The van der Waals surface area contributed by atoms with Gasteiger partial charge < -0.3 is 0 Å². The van der Waals surface area contributed by atoms with Crippen LogP contribution in [0.4, 0.5) is 17.6 Å².